The van der Waals surface area contributed by atoms with Crippen molar-refractivity contribution in [1.29, 1.82) is 0 Å². The second-order valence-electron chi connectivity index (χ2n) is 4.56. The van der Waals surface area contributed by atoms with Gasteiger partial charge in [-0.25, -0.2) is 0 Å². The Balaban J connectivity index is 2.25. The van der Waals surface area contributed by atoms with Gasteiger partial charge in [0.2, 0.25) is 0 Å². The Hall–Kier alpha value is -1.65. The quantitative estimate of drug-likeness (QED) is 0.678. The zero-order chi connectivity index (χ0) is 14.3. The number of halogens is 2. The van der Waals surface area contributed by atoms with Gasteiger partial charge in [-0.3, -0.25) is 9.78 Å². The number of rotatable bonds is 2. The fourth-order valence-electron chi connectivity index (χ4n) is 2.21. The van der Waals surface area contributed by atoms with E-state index in [0.29, 0.717) is 10.6 Å². The standard InChI is InChI=1S/C15H10BrClN2O/c1-8-11(5-18-6-12(8)16)14-4-10-2-9(7-20)3-13(17)15(10)19-14/h2-7,19H,1H3. The molecule has 0 bridgehead atoms. The number of nitrogens with zero attached hydrogens (tertiary/aromatic N) is 1. The molecule has 1 N–H and O–H groups in total. The van der Waals surface area contributed by atoms with E-state index in [9.17, 15) is 4.79 Å². The molecule has 0 aliphatic carbocycles. The van der Waals surface area contributed by atoms with E-state index in [1.165, 1.54) is 0 Å². The molecule has 2 aromatic heterocycles. The van der Waals surface area contributed by atoms with Gasteiger partial charge in [0.1, 0.15) is 6.29 Å². The molecule has 0 saturated carbocycles. The summed E-state index contributed by atoms with van der Waals surface area (Å²) in [7, 11) is 0. The summed E-state index contributed by atoms with van der Waals surface area (Å²) >= 11 is 9.67. The number of H-pyrrole nitrogens is 1. The Bertz CT molecular complexity index is 826. The Morgan fingerprint density at radius 2 is 2.10 bits per heavy atom. The van der Waals surface area contributed by atoms with Crippen LogP contribution in [0, 0.1) is 6.92 Å². The maximum absolute atomic E-state index is 10.9. The van der Waals surface area contributed by atoms with Crippen molar-refractivity contribution < 1.29 is 4.79 Å². The monoisotopic (exact) mass is 348 g/mol. The van der Waals surface area contributed by atoms with Crippen molar-refractivity contribution in [3.8, 4) is 11.3 Å². The minimum Gasteiger partial charge on any atom is -0.353 e. The molecule has 0 amide bonds. The van der Waals surface area contributed by atoms with Gasteiger partial charge in [0.25, 0.3) is 0 Å². The minimum absolute atomic E-state index is 0.538. The van der Waals surface area contributed by atoms with E-state index in [4.69, 9.17) is 11.6 Å². The summed E-state index contributed by atoms with van der Waals surface area (Å²) in [5.74, 6) is 0. The molecule has 0 unspecified atom stereocenters. The second-order valence-corrected chi connectivity index (χ2v) is 5.82. The Kier molecular flexibility index (Phi) is 3.36. The van der Waals surface area contributed by atoms with Crippen molar-refractivity contribution in [2.24, 2.45) is 0 Å². The summed E-state index contributed by atoms with van der Waals surface area (Å²) in [6, 6.07) is 5.45. The number of hydrogen-bond acceptors (Lipinski definition) is 2. The fourth-order valence-corrected chi connectivity index (χ4v) is 2.82. The molecule has 5 heteroatoms. The van der Waals surface area contributed by atoms with E-state index in [1.54, 1.807) is 18.5 Å². The molecular formula is C15H10BrClN2O. The average molecular weight is 350 g/mol. The maximum Gasteiger partial charge on any atom is 0.150 e. The van der Waals surface area contributed by atoms with Crippen LogP contribution in [-0.2, 0) is 0 Å². The third kappa shape index (κ3) is 2.15. The molecule has 3 nitrogen and oxygen atoms in total. The summed E-state index contributed by atoms with van der Waals surface area (Å²) in [4.78, 5) is 18.4. The summed E-state index contributed by atoms with van der Waals surface area (Å²) in [5, 5.41) is 1.45. The topological polar surface area (TPSA) is 45.8 Å². The first-order valence-corrected chi connectivity index (χ1v) is 7.15. The number of benzene rings is 1. The van der Waals surface area contributed by atoms with Gasteiger partial charge in [-0.1, -0.05) is 11.6 Å². The van der Waals surface area contributed by atoms with E-state index in [-0.39, 0.29) is 0 Å². The minimum atomic E-state index is 0.538. The molecule has 3 aromatic rings. The number of aromatic nitrogens is 2. The van der Waals surface area contributed by atoms with Gasteiger partial charge in [-0.05, 0) is 46.6 Å². The third-order valence-corrected chi connectivity index (χ3v) is 4.38. The zero-order valence-corrected chi connectivity index (χ0v) is 12.9. The van der Waals surface area contributed by atoms with Crippen LogP contribution in [0.4, 0.5) is 0 Å². The predicted molar refractivity (Wildman–Crippen MR) is 84.4 cm³/mol. The Labute approximate surface area is 129 Å². The number of aromatic amines is 1. The second kappa shape index (κ2) is 5.04. The summed E-state index contributed by atoms with van der Waals surface area (Å²) < 4.78 is 0.952. The van der Waals surface area contributed by atoms with Crippen LogP contribution in [0.15, 0.2) is 35.1 Å². The van der Waals surface area contributed by atoms with Crippen LogP contribution in [0.25, 0.3) is 22.2 Å². The lowest BCUT2D eigenvalue weighted by molar-refractivity contribution is 0.112. The Morgan fingerprint density at radius 3 is 2.85 bits per heavy atom. The number of hydrogen-bond donors (Lipinski definition) is 1. The number of nitrogens with one attached hydrogen (secondary N) is 1. The van der Waals surface area contributed by atoms with Gasteiger partial charge in [0.15, 0.2) is 0 Å². The lowest BCUT2D eigenvalue weighted by Gasteiger charge is -2.04. The highest BCUT2D eigenvalue weighted by atomic mass is 79.9. The van der Waals surface area contributed by atoms with E-state index in [0.717, 1.165) is 38.5 Å². The number of carbonyl (C=O) groups excluding carboxylic acids is 1. The molecule has 3 rings (SSSR count). The zero-order valence-electron chi connectivity index (χ0n) is 10.6. The van der Waals surface area contributed by atoms with E-state index in [1.807, 2.05) is 19.1 Å². The number of pyridine rings is 1. The molecule has 1 aromatic carbocycles. The number of aldehydes is 1. The van der Waals surface area contributed by atoms with Crippen LogP contribution < -0.4 is 0 Å². The number of fused-ring (bicyclic) bond motifs is 1. The lowest BCUT2D eigenvalue weighted by Crippen LogP contribution is -1.86. The normalized spacial score (nSPS) is 10.9. The van der Waals surface area contributed by atoms with Gasteiger partial charge < -0.3 is 4.98 Å². The van der Waals surface area contributed by atoms with Crippen molar-refractivity contribution in [1.82, 2.24) is 9.97 Å². The van der Waals surface area contributed by atoms with Crippen LogP contribution in [-0.4, -0.2) is 16.3 Å². The molecule has 0 aliphatic heterocycles. The first-order valence-electron chi connectivity index (χ1n) is 5.98. The van der Waals surface area contributed by atoms with Crippen LogP contribution in [0.5, 0.6) is 0 Å². The summed E-state index contributed by atoms with van der Waals surface area (Å²) in [6.45, 7) is 2.02. The summed E-state index contributed by atoms with van der Waals surface area (Å²) in [6.07, 6.45) is 4.36. The average Bonchev–Trinajstić information content (AvgIpc) is 2.86. The van der Waals surface area contributed by atoms with Crippen LogP contribution in [0.2, 0.25) is 5.02 Å². The SMILES string of the molecule is Cc1c(Br)cncc1-c1cc2cc(C=O)cc(Cl)c2[nH]1. The molecule has 0 radical (unpaired) electrons. The van der Waals surface area contributed by atoms with E-state index < -0.39 is 0 Å². The van der Waals surface area contributed by atoms with E-state index in [2.05, 4.69) is 25.9 Å². The largest absolute Gasteiger partial charge is 0.353 e. The highest BCUT2D eigenvalue weighted by molar-refractivity contribution is 9.10. The molecular weight excluding hydrogens is 340 g/mol. The molecule has 0 saturated heterocycles. The van der Waals surface area contributed by atoms with Crippen molar-refractivity contribution in [2.75, 3.05) is 0 Å². The lowest BCUT2D eigenvalue weighted by atomic mass is 10.1. The van der Waals surface area contributed by atoms with Gasteiger partial charge in [-0.2, -0.15) is 0 Å². The third-order valence-electron chi connectivity index (χ3n) is 3.28. The first-order chi connectivity index (χ1) is 9.60. The molecule has 0 atom stereocenters. The van der Waals surface area contributed by atoms with Gasteiger partial charge in [0.05, 0.1) is 10.5 Å². The van der Waals surface area contributed by atoms with Crippen molar-refractivity contribution in [3.63, 3.8) is 0 Å². The van der Waals surface area contributed by atoms with Gasteiger partial charge >= 0.3 is 0 Å². The van der Waals surface area contributed by atoms with Crippen LogP contribution in [0.3, 0.4) is 0 Å². The highest BCUT2D eigenvalue weighted by Crippen LogP contribution is 2.32. The van der Waals surface area contributed by atoms with Crippen molar-refractivity contribution in [3.05, 3.63) is 51.2 Å². The van der Waals surface area contributed by atoms with Crippen molar-refractivity contribution >= 4 is 44.7 Å². The van der Waals surface area contributed by atoms with Crippen LogP contribution >= 0.6 is 27.5 Å². The first kappa shape index (κ1) is 13.3. The smallest absolute Gasteiger partial charge is 0.150 e. The Morgan fingerprint density at radius 1 is 1.30 bits per heavy atom. The van der Waals surface area contributed by atoms with E-state index >= 15 is 0 Å². The molecule has 100 valence electrons. The maximum atomic E-state index is 10.9. The molecule has 0 spiro atoms. The molecule has 0 aliphatic rings. The highest BCUT2D eigenvalue weighted by Gasteiger charge is 2.11. The molecule has 0 fully saturated rings. The van der Waals surface area contributed by atoms with Crippen molar-refractivity contribution in [2.45, 2.75) is 6.92 Å². The van der Waals surface area contributed by atoms with Gasteiger partial charge in [0, 0.05) is 39.1 Å². The fraction of sp³-hybridized carbons (Fsp3) is 0.0667. The summed E-state index contributed by atoms with van der Waals surface area (Å²) in [5.41, 5.74) is 4.41. The molecule has 20 heavy (non-hydrogen) atoms. The van der Waals surface area contributed by atoms with Crippen LogP contribution in [0.1, 0.15) is 15.9 Å². The molecule has 2 heterocycles. The predicted octanol–water partition coefficient (Wildman–Crippen LogP) is 4.77. The van der Waals surface area contributed by atoms with Gasteiger partial charge in [-0.15, -0.1) is 0 Å². The number of carbonyl (C=O) groups is 1.